The van der Waals surface area contributed by atoms with Gasteiger partial charge < -0.3 is 33.9 Å². The molecule has 9 heteroatoms. The van der Waals surface area contributed by atoms with Gasteiger partial charge in [0.1, 0.15) is 6.04 Å². The van der Waals surface area contributed by atoms with Crippen molar-refractivity contribution in [1.29, 1.82) is 0 Å². The van der Waals surface area contributed by atoms with Gasteiger partial charge in [0.25, 0.3) is 0 Å². The van der Waals surface area contributed by atoms with Gasteiger partial charge in [-0.1, -0.05) is 19.9 Å². The molecular formula is C26H34N2O7. The lowest BCUT2D eigenvalue weighted by Gasteiger charge is -2.39. The highest BCUT2D eigenvalue weighted by Crippen LogP contribution is 2.42. The summed E-state index contributed by atoms with van der Waals surface area (Å²) in [5, 5.41) is 2.87. The van der Waals surface area contributed by atoms with Crippen molar-refractivity contribution in [3.05, 3.63) is 47.0 Å². The van der Waals surface area contributed by atoms with Crippen molar-refractivity contribution >= 4 is 12.0 Å². The molecule has 0 bridgehead atoms. The molecule has 1 aliphatic rings. The number of fused-ring (bicyclic) bond motifs is 1. The van der Waals surface area contributed by atoms with Crippen molar-refractivity contribution in [3.8, 4) is 23.0 Å². The van der Waals surface area contributed by atoms with Crippen molar-refractivity contribution < 1.29 is 33.3 Å². The third kappa shape index (κ3) is 5.23. The van der Waals surface area contributed by atoms with Crippen molar-refractivity contribution in [1.82, 2.24) is 10.2 Å². The average molecular weight is 487 g/mol. The first kappa shape index (κ1) is 26.0. The van der Waals surface area contributed by atoms with Gasteiger partial charge >= 0.3 is 12.0 Å². The molecule has 190 valence electrons. The van der Waals surface area contributed by atoms with E-state index in [-0.39, 0.29) is 11.9 Å². The lowest BCUT2D eigenvalue weighted by atomic mass is 9.87. The fourth-order valence-electron chi connectivity index (χ4n) is 4.39. The largest absolute Gasteiger partial charge is 0.493 e. The molecule has 0 radical (unpaired) electrons. The van der Waals surface area contributed by atoms with Gasteiger partial charge in [0, 0.05) is 6.54 Å². The Hall–Kier alpha value is -3.62. The molecule has 0 aliphatic carbocycles. The molecule has 2 aromatic carbocycles. The maximum absolute atomic E-state index is 13.6. The Balaban J connectivity index is 2.12. The number of hydrogen-bond acceptors (Lipinski definition) is 7. The third-order valence-electron chi connectivity index (χ3n) is 6.26. The first-order valence-electron chi connectivity index (χ1n) is 11.4. The topological polar surface area (TPSA) is 95.6 Å². The number of benzene rings is 2. The van der Waals surface area contributed by atoms with Gasteiger partial charge in [-0.3, -0.25) is 0 Å². The molecule has 2 unspecified atom stereocenters. The van der Waals surface area contributed by atoms with Crippen LogP contribution in [0.4, 0.5) is 4.79 Å². The summed E-state index contributed by atoms with van der Waals surface area (Å²) >= 11 is 0. The second kappa shape index (κ2) is 11.2. The summed E-state index contributed by atoms with van der Waals surface area (Å²) in [4.78, 5) is 27.6. The maximum atomic E-state index is 13.6. The normalized spacial score (nSPS) is 15.7. The van der Waals surface area contributed by atoms with E-state index in [2.05, 4.69) is 5.32 Å². The number of esters is 1. The molecule has 0 saturated heterocycles. The number of carbonyl (C=O) groups excluding carboxylic acids is 2. The summed E-state index contributed by atoms with van der Waals surface area (Å²) < 4.78 is 26.9. The Morgan fingerprint density at radius 1 is 0.886 bits per heavy atom. The van der Waals surface area contributed by atoms with Crippen LogP contribution in [0.2, 0.25) is 0 Å². The summed E-state index contributed by atoms with van der Waals surface area (Å²) in [6.45, 7) is 4.14. The number of hydrogen-bond donors (Lipinski definition) is 1. The lowest BCUT2D eigenvalue weighted by molar-refractivity contribution is -0.144. The quantitative estimate of drug-likeness (QED) is 0.570. The second-order valence-electron chi connectivity index (χ2n) is 8.56. The molecule has 2 aromatic rings. The minimum atomic E-state index is -0.773. The smallest absolute Gasteiger partial charge is 0.328 e. The van der Waals surface area contributed by atoms with E-state index in [9.17, 15) is 9.59 Å². The maximum Gasteiger partial charge on any atom is 0.328 e. The van der Waals surface area contributed by atoms with E-state index in [1.54, 1.807) is 33.3 Å². The summed E-state index contributed by atoms with van der Waals surface area (Å²) in [5.41, 5.74) is 2.76. The highest BCUT2D eigenvalue weighted by Gasteiger charge is 2.36. The van der Waals surface area contributed by atoms with E-state index < -0.39 is 18.1 Å². The van der Waals surface area contributed by atoms with Crippen LogP contribution < -0.4 is 24.3 Å². The number of rotatable bonds is 8. The zero-order valence-corrected chi connectivity index (χ0v) is 21.3. The molecule has 0 fully saturated rings. The van der Waals surface area contributed by atoms with Gasteiger partial charge in [0.05, 0.1) is 41.6 Å². The van der Waals surface area contributed by atoms with Crippen LogP contribution in [0.3, 0.4) is 0 Å². The van der Waals surface area contributed by atoms with Crippen molar-refractivity contribution in [3.63, 3.8) is 0 Å². The van der Waals surface area contributed by atoms with Gasteiger partial charge in [0.15, 0.2) is 23.0 Å². The highest BCUT2D eigenvalue weighted by atomic mass is 16.5. The Morgan fingerprint density at radius 3 is 2.06 bits per heavy atom. The Labute approximate surface area is 206 Å². The van der Waals surface area contributed by atoms with Gasteiger partial charge in [-0.2, -0.15) is 0 Å². The van der Waals surface area contributed by atoms with Crippen molar-refractivity contribution in [2.24, 2.45) is 5.92 Å². The molecule has 9 nitrogen and oxygen atoms in total. The van der Waals surface area contributed by atoms with E-state index in [4.69, 9.17) is 23.7 Å². The van der Waals surface area contributed by atoms with E-state index in [1.807, 2.05) is 44.2 Å². The molecule has 1 N–H and O–H groups in total. The molecule has 0 spiro atoms. The van der Waals surface area contributed by atoms with Crippen LogP contribution in [0.1, 0.15) is 36.6 Å². The molecule has 0 saturated carbocycles. The van der Waals surface area contributed by atoms with E-state index in [1.165, 1.54) is 7.11 Å². The number of methoxy groups -OCH3 is 5. The fourth-order valence-corrected chi connectivity index (χ4v) is 4.39. The zero-order valence-electron chi connectivity index (χ0n) is 21.3. The van der Waals surface area contributed by atoms with Crippen LogP contribution in [0.15, 0.2) is 30.3 Å². The summed E-state index contributed by atoms with van der Waals surface area (Å²) in [6, 6.07) is 7.81. The van der Waals surface area contributed by atoms with Gasteiger partial charge in [0.2, 0.25) is 0 Å². The molecule has 35 heavy (non-hydrogen) atoms. The summed E-state index contributed by atoms with van der Waals surface area (Å²) in [6.07, 6.45) is 0.609. The molecule has 2 amide bonds. The summed E-state index contributed by atoms with van der Waals surface area (Å²) in [7, 11) is 7.62. The Morgan fingerprint density at radius 2 is 1.49 bits per heavy atom. The monoisotopic (exact) mass is 486 g/mol. The van der Waals surface area contributed by atoms with E-state index in [0.717, 1.165) is 16.7 Å². The van der Waals surface area contributed by atoms with Crippen molar-refractivity contribution in [2.75, 3.05) is 42.1 Å². The van der Waals surface area contributed by atoms with Gasteiger partial charge in [-0.25, -0.2) is 9.59 Å². The Kier molecular flexibility index (Phi) is 8.32. The summed E-state index contributed by atoms with van der Waals surface area (Å²) in [5.74, 6) is 1.69. The molecule has 2 atom stereocenters. The van der Waals surface area contributed by atoms with Crippen LogP contribution in [-0.2, 0) is 16.0 Å². The first-order valence-corrected chi connectivity index (χ1v) is 11.4. The second-order valence-corrected chi connectivity index (χ2v) is 8.56. The number of amides is 2. The molecule has 1 aliphatic heterocycles. The van der Waals surface area contributed by atoms with E-state index in [0.29, 0.717) is 36.0 Å². The third-order valence-corrected chi connectivity index (χ3v) is 6.26. The van der Waals surface area contributed by atoms with Crippen LogP contribution in [-0.4, -0.2) is 65.0 Å². The number of ether oxygens (including phenoxy) is 5. The first-order chi connectivity index (χ1) is 16.8. The van der Waals surface area contributed by atoms with Gasteiger partial charge in [-0.15, -0.1) is 0 Å². The number of urea groups is 1. The Bertz CT molecular complexity index is 1070. The molecule has 3 rings (SSSR count). The zero-order chi connectivity index (χ0) is 25.7. The standard InChI is InChI=1S/C26H34N2O7/c1-15(2)23(25(29)35-7)27-26(30)28-11-10-16-12-21(33-5)22(34-6)14-18(16)24(28)17-8-9-19(31-3)20(13-17)32-4/h8-9,12-15,23-24H,10-11H2,1-7H3,(H,27,30). The van der Waals surface area contributed by atoms with Crippen LogP contribution in [0, 0.1) is 5.92 Å². The fraction of sp³-hybridized carbons (Fsp3) is 0.462. The highest BCUT2D eigenvalue weighted by molar-refractivity contribution is 5.84. The number of nitrogens with one attached hydrogen (secondary N) is 1. The number of nitrogens with zero attached hydrogens (tertiary/aromatic N) is 1. The minimum Gasteiger partial charge on any atom is -0.493 e. The SMILES string of the molecule is COC(=O)C(NC(=O)N1CCc2cc(OC)c(OC)cc2C1c1ccc(OC)c(OC)c1)C(C)C. The van der Waals surface area contributed by atoms with Crippen LogP contribution in [0.5, 0.6) is 23.0 Å². The van der Waals surface area contributed by atoms with Crippen molar-refractivity contribution in [2.45, 2.75) is 32.4 Å². The minimum absolute atomic E-state index is 0.146. The predicted octanol–water partition coefficient (Wildman–Crippen LogP) is 3.58. The van der Waals surface area contributed by atoms with Gasteiger partial charge in [-0.05, 0) is 53.3 Å². The molecule has 1 heterocycles. The molecular weight excluding hydrogens is 452 g/mol. The average Bonchev–Trinajstić information content (AvgIpc) is 2.88. The van der Waals surface area contributed by atoms with Crippen LogP contribution >= 0.6 is 0 Å². The predicted molar refractivity (Wildman–Crippen MR) is 131 cm³/mol. The number of carbonyl (C=O) groups is 2. The lowest BCUT2D eigenvalue weighted by Crippen LogP contribution is -2.53. The molecule has 0 aromatic heterocycles. The van der Waals surface area contributed by atoms with Crippen LogP contribution in [0.25, 0.3) is 0 Å². The van der Waals surface area contributed by atoms with E-state index >= 15 is 0 Å².